The standard InChI is InChI=1S/C17H19IN4O2/c18-11-16(23)22-8-5-13(6-9-22)20-17(24)21-14-3-4-15-12(10-14)2-1-7-19-15/h1-4,7,10,13H,5-6,8-9,11H2,(H2,20,21,24). The first kappa shape index (κ1) is 16.9. The van der Waals surface area contributed by atoms with Crippen molar-refractivity contribution in [3.8, 4) is 0 Å². The zero-order chi connectivity index (χ0) is 16.9. The second-order valence-corrected chi connectivity index (χ2v) is 6.56. The Bertz CT molecular complexity index is 744. The van der Waals surface area contributed by atoms with Crippen LogP contribution in [0, 0.1) is 0 Å². The van der Waals surface area contributed by atoms with Crippen LogP contribution < -0.4 is 10.6 Å². The second kappa shape index (κ2) is 7.78. The summed E-state index contributed by atoms with van der Waals surface area (Å²) in [7, 11) is 0. The number of fused-ring (bicyclic) bond motifs is 1. The highest BCUT2D eigenvalue weighted by atomic mass is 127. The van der Waals surface area contributed by atoms with E-state index in [1.807, 2.05) is 35.2 Å². The molecule has 1 aromatic heterocycles. The van der Waals surface area contributed by atoms with Gasteiger partial charge in [0.2, 0.25) is 5.91 Å². The summed E-state index contributed by atoms with van der Waals surface area (Å²) in [4.78, 5) is 29.9. The topological polar surface area (TPSA) is 74.3 Å². The van der Waals surface area contributed by atoms with Crippen LogP contribution in [0.5, 0.6) is 0 Å². The maximum Gasteiger partial charge on any atom is 0.319 e. The molecule has 3 amide bonds. The quantitative estimate of drug-likeness (QED) is 0.572. The van der Waals surface area contributed by atoms with Crippen molar-refractivity contribution in [1.29, 1.82) is 0 Å². The predicted molar refractivity (Wildman–Crippen MR) is 102 cm³/mol. The molecule has 3 rings (SSSR count). The number of anilines is 1. The van der Waals surface area contributed by atoms with Gasteiger partial charge in [0.25, 0.3) is 0 Å². The third kappa shape index (κ3) is 4.14. The third-order valence-corrected chi connectivity index (χ3v) is 4.81. The van der Waals surface area contributed by atoms with Crippen molar-refractivity contribution in [3.05, 3.63) is 36.5 Å². The van der Waals surface area contributed by atoms with Crippen LogP contribution in [0.1, 0.15) is 12.8 Å². The zero-order valence-electron chi connectivity index (χ0n) is 13.2. The Morgan fingerprint density at radius 1 is 1.25 bits per heavy atom. The smallest absolute Gasteiger partial charge is 0.319 e. The normalized spacial score (nSPS) is 15.3. The highest BCUT2D eigenvalue weighted by Crippen LogP contribution is 2.17. The minimum Gasteiger partial charge on any atom is -0.342 e. The first-order chi connectivity index (χ1) is 11.7. The summed E-state index contributed by atoms with van der Waals surface area (Å²) in [6.07, 6.45) is 3.33. The van der Waals surface area contributed by atoms with Crippen LogP contribution >= 0.6 is 22.6 Å². The fraction of sp³-hybridized carbons (Fsp3) is 0.353. The summed E-state index contributed by atoms with van der Waals surface area (Å²) >= 11 is 2.08. The van der Waals surface area contributed by atoms with E-state index < -0.39 is 0 Å². The zero-order valence-corrected chi connectivity index (χ0v) is 15.3. The molecule has 0 bridgehead atoms. The van der Waals surface area contributed by atoms with Gasteiger partial charge in [0.1, 0.15) is 0 Å². The number of alkyl halides is 1. The Morgan fingerprint density at radius 3 is 2.79 bits per heavy atom. The van der Waals surface area contributed by atoms with Crippen LogP contribution in [0.2, 0.25) is 0 Å². The Balaban J connectivity index is 1.53. The van der Waals surface area contributed by atoms with Gasteiger partial charge in [-0.15, -0.1) is 0 Å². The van der Waals surface area contributed by atoms with Crippen LogP contribution in [0.25, 0.3) is 10.9 Å². The number of aromatic nitrogens is 1. The number of benzene rings is 1. The van der Waals surface area contributed by atoms with Crippen molar-refractivity contribution in [3.63, 3.8) is 0 Å². The van der Waals surface area contributed by atoms with Crippen molar-refractivity contribution in [2.75, 3.05) is 22.8 Å². The van der Waals surface area contributed by atoms with E-state index in [0.717, 1.165) is 29.4 Å². The first-order valence-electron chi connectivity index (χ1n) is 7.92. The molecule has 0 saturated carbocycles. The molecule has 0 radical (unpaired) electrons. The molecule has 0 unspecified atom stereocenters. The summed E-state index contributed by atoms with van der Waals surface area (Å²) in [6, 6.07) is 9.36. The SMILES string of the molecule is O=C(Nc1ccc2ncccc2c1)NC1CCN(C(=O)CI)CC1. The van der Waals surface area contributed by atoms with Crippen LogP contribution in [0.4, 0.5) is 10.5 Å². The summed E-state index contributed by atoms with van der Waals surface area (Å²) < 4.78 is 0.507. The van der Waals surface area contributed by atoms with Crippen molar-refractivity contribution in [2.45, 2.75) is 18.9 Å². The number of carbonyl (C=O) groups is 2. The third-order valence-electron chi connectivity index (χ3n) is 4.16. The molecule has 6 nitrogen and oxygen atoms in total. The molecule has 1 aliphatic heterocycles. The van der Waals surface area contributed by atoms with Crippen molar-refractivity contribution in [1.82, 2.24) is 15.2 Å². The van der Waals surface area contributed by atoms with Gasteiger partial charge >= 0.3 is 6.03 Å². The summed E-state index contributed by atoms with van der Waals surface area (Å²) in [5.74, 6) is 0.170. The van der Waals surface area contributed by atoms with E-state index in [9.17, 15) is 9.59 Å². The Morgan fingerprint density at radius 2 is 2.04 bits per heavy atom. The minimum atomic E-state index is -0.211. The number of nitrogens with one attached hydrogen (secondary N) is 2. The molecule has 0 spiro atoms. The Hall–Kier alpha value is -1.90. The molecule has 2 aromatic rings. The van der Waals surface area contributed by atoms with Gasteiger partial charge in [0.05, 0.1) is 9.94 Å². The lowest BCUT2D eigenvalue weighted by molar-refractivity contribution is -0.129. The summed E-state index contributed by atoms with van der Waals surface area (Å²) in [6.45, 7) is 1.41. The van der Waals surface area contributed by atoms with E-state index in [2.05, 4.69) is 38.2 Å². The molecule has 1 fully saturated rings. The number of urea groups is 1. The average molecular weight is 438 g/mol. The monoisotopic (exact) mass is 438 g/mol. The van der Waals surface area contributed by atoms with Gasteiger partial charge in [-0.25, -0.2) is 4.79 Å². The minimum absolute atomic E-state index is 0.102. The van der Waals surface area contributed by atoms with Gasteiger partial charge in [-0.3, -0.25) is 9.78 Å². The number of likely N-dealkylation sites (tertiary alicyclic amines) is 1. The molecular formula is C17H19IN4O2. The number of piperidine rings is 1. The van der Waals surface area contributed by atoms with Gasteiger partial charge in [0, 0.05) is 36.4 Å². The largest absolute Gasteiger partial charge is 0.342 e. The first-order valence-corrected chi connectivity index (χ1v) is 9.44. The molecule has 0 aliphatic carbocycles. The molecule has 1 aliphatic rings. The van der Waals surface area contributed by atoms with Gasteiger partial charge in [-0.1, -0.05) is 28.7 Å². The maximum atomic E-state index is 12.2. The van der Waals surface area contributed by atoms with E-state index in [1.54, 1.807) is 6.20 Å². The van der Waals surface area contributed by atoms with Gasteiger partial charge < -0.3 is 15.5 Å². The molecule has 7 heteroatoms. The van der Waals surface area contributed by atoms with Crippen molar-refractivity contribution >= 4 is 51.1 Å². The number of halogens is 1. The number of nitrogens with zero attached hydrogens (tertiary/aromatic N) is 2. The number of carbonyl (C=O) groups excluding carboxylic acids is 2. The van der Waals surface area contributed by atoms with E-state index in [1.165, 1.54) is 0 Å². The van der Waals surface area contributed by atoms with Crippen molar-refractivity contribution < 1.29 is 9.59 Å². The van der Waals surface area contributed by atoms with Crippen molar-refractivity contribution in [2.24, 2.45) is 0 Å². The van der Waals surface area contributed by atoms with E-state index in [4.69, 9.17) is 0 Å². The molecular weight excluding hydrogens is 419 g/mol. The Labute approximate surface area is 154 Å². The van der Waals surface area contributed by atoms with Gasteiger partial charge in [-0.05, 0) is 37.1 Å². The maximum absolute atomic E-state index is 12.2. The van der Waals surface area contributed by atoms with E-state index >= 15 is 0 Å². The molecule has 1 aromatic carbocycles. The molecule has 2 heterocycles. The summed E-state index contributed by atoms with van der Waals surface area (Å²) in [5, 5.41) is 6.84. The predicted octanol–water partition coefficient (Wildman–Crippen LogP) is 2.78. The molecule has 126 valence electrons. The van der Waals surface area contributed by atoms with Crippen LogP contribution in [-0.2, 0) is 4.79 Å². The molecule has 2 N–H and O–H groups in total. The van der Waals surface area contributed by atoms with Crippen LogP contribution in [0.15, 0.2) is 36.5 Å². The van der Waals surface area contributed by atoms with E-state index in [-0.39, 0.29) is 18.0 Å². The highest BCUT2D eigenvalue weighted by Gasteiger charge is 2.23. The molecule has 0 atom stereocenters. The number of rotatable bonds is 3. The number of pyridine rings is 1. The lowest BCUT2D eigenvalue weighted by atomic mass is 10.1. The fourth-order valence-corrected chi connectivity index (χ4v) is 3.35. The second-order valence-electron chi connectivity index (χ2n) is 5.80. The van der Waals surface area contributed by atoms with Gasteiger partial charge in [-0.2, -0.15) is 0 Å². The molecule has 24 heavy (non-hydrogen) atoms. The lowest BCUT2D eigenvalue weighted by Gasteiger charge is -2.32. The van der Waals surface area contributed by atoms with E-state index in [0.29, 0.717) is 17.5 Å². The highest BCUT2D eigenvalue weighted by molar-refractivity contribution is 14.1. The van der Waals surface area contributed by atoms with Crippen LogP contribution in [0.3, 0.4) is 0 Å². The Kier molecular flexibility index (Phi) is 5.49. The van der Waals surface area contributed by atoms with Gasteiger partial charge in [0.15, 0.2) is 0 Å². The summed E-state index contributed by atoms with van der Waals surface area (Å²) in [5.41, 5.74) is 1.64. The number of hydrogen-bond acceptors (Lipinski definition) is 3. The fourth-order valence-electron chi connectivity index (χ4n) is 2.86. The lowest BCUT2D eigenvalue weighted by Crippen LogP contribution is -2.47. The number of hydrogen-bond donors (Lipinski definition) is 2. The average Bonchev–Trinajstić information content (AvgIpc) is 2.61. The van der Waals surface area contributed by atoms with Crippen LogP contribution in [-0.4, -0.2) is 45.4 Å². The number of amides is 3. The molecule has 1 saturated heterocycles.